The van der Waals surface area contributed by atoms with Crippen LogP contribution in [0.4, 0.5) is 9.59 Å². The minimum absolute atomic E-state index is 0.0591. The number of nitrogens with two attached hydrogens (primary N) is 2. The Kier molecular flexibility index (Phi) is 5.43. The average molecular weight is 204 g/mol. The molecule has 0 aromatic rings. The van der Waals surface area contributed by atoms with Crippen LogP contribution in [0.15, 0.2) is 0 Å². The predicted molar refractivity (Wildman–Crippen MR) is 49.4 cm³/mol. The van der Waals surface area contributed by atoms with E-state index < -0.39 is 18.3 Å². The summed E-state index contributed by atoms with van der Waals surface area (Å²) < 4.78 is 9.23. The predicted octanol–water partition coefficient (Wildman–Crippen LogP) is 0.592. The molecule has 1 atom stereocenters. The fourth-order valence-corrected chi connectivity index (χ4v) is 1.02. The zero-order chi connectivity index (χ0) is 11.1. The largest absolute Gasteiger partial charge is 0.446 e. The summed E-state index contributed by atoms with van der Waals surface area (Å²) in [4.78, 5) is 20.8. The summed E-state index contributed by atoms with van der Waals surface area (Å²) >= 11 is 0. The molecule has 0 aliphatic carbocycles. The minimum atomic E-state index is -0.896. The average Bonchev–Trinajstić information content (AvgIpc) is 1.97. The number of carbonyl (C=O) groups excluding carboxylic acids is 2. The molecule has 0 heterocycles. The van der Waals surface area contributed by atoms with Crippen LogP contribution in [-0.4, -0.2) is 24.9 Å². The van der Waals surface area contributed by atoms with Gasteiger partial charge in [0.15, 0.2) is 0 Å². The Morgan fingerprint density at radius 1 is 1.21 bits per heavy atom. The molecule has 4 N–H and O–H groups in total. The van der Waals surface area contributed by atoms with Gasteiger partial charge in [0, 0.05) is 0 Å². The number of ether oxygens (including phenoxy) is 2. The summed E-state index contributed by atoms with van der Waals surface area (Å²) in [5, 5.41) is 0. The molecule has 6 heteroatoms. The van der Waals surface area contributed by atoms with Gasteiger partial charge >= 0.3 is 12.2 Å². The first-order valence-electron chi connectivity index (χ1n) is 4.30. The fourth-order valence-electron chi connectivity index (χ4n) is 1.02. The second kappa shape index (κ2) is 6.06. The van der Waals surface area contributed by atoms with E-state index in [1.54, 1.807) is 0 Å². The summed E-state index contributed by atoms with van der Waals surface area (Å²) in [6.45, 7) is 3.83. The molecule has 0 fully saturated rings. The Morgan fingerprint density at radius 2 is 1.79 bits per heavy atom. The molecule has 2 amide bonds. The van der Waals surface area contributed by atoms with E-state index in [0.29, 0.717) is 12.3 Å². The highest BCUT2D eigenvalue weighted by atomic mass is 16.6. The van der Waals surface area contributed by atoms with Crippen molar-refractivity contribution in [1.29, 1.82) is 0 Å². The summed E-state index contributed by atoms with van der Waals surface area (Å²) in [6.07, 6.45) is -1.74. The van der Waals surface area contributed by atoms with Crippen molar-refractivity contribution in [3.8, 4) is 0 Å². The van der Waals surface area contributed by atoms with Gasteiger partial charge in [-0.15, -0.1) is 0 Å². The van der Waals surface area contributed by atoms with E-state index in [2.05, 4.69) is 4.74 Å². The maximum absolute atomic E-state index is 10.5. The van der Waals surface area contributed by atoms with Crippen molar-refractivity contribution < 1.29 is 19.1 Å². The van der Waals surface area contributed by atoms with Crippen molar-refractivity contribution in [2.24, 2.45) is 17.4 Å². The Morgan fingerprint density at radius 3 is 2.14 bits per heavy atom. The van der Waals surface area contributed by atoms with E-state index in [1.165, 1.54) is 0 Å². The van der Waals surface area contributed by atoms with Gasteiger partial charge in [-0.3, -0.25) is 0 Å². The van der Waals surface area contributed by atoms with Gasteiger partial charge < -0.3 is 20.9 Å². The molecule has 0 saturated carbocycles. The van der Waals surface area contributed by atoms with Crippen LogP contribution in [0.3, 0.4) is 0 Å². The van der Waals surface area contributed by atoms with Gasteiger partial charge in [-0.25, -0.2) is 9.59 Å². The first kappa shape index (κ1) is 12.5. The molecular weight excluding hydrogens is 188 g/mol. The van der Waals surface area contributed by atoms with Crippen LogP contribution in [0.5, 0.6) is 0 Å². The van der Waals surface area contributed by atoms with E-state index in [4.69, 9.17) is 16.2 Å². The quantitative estimate of drug-likeness (QED) is 0.683. The third-order valence-electron chi connectivity index (χ3n) is 1.43. The van der Waals surface area contributed by atoms with Gasteiger partial charge in [0.05, 0.1) is 0 Å². The Balaban J connectivity index is 3.96. The first-order valence-corrected chi connectivity index (χ1v) is 4.30. The lowest BCUT2D eigenvalue weighted by Gasteiger charge is -2.17. The van der Waals surface area contributed by atoms with Crippen molar-refractivity contribution >= 4 is 12.2 Å². The van der Waals surface area contributed by atoms with E-state index in [-0.39, 0.29) is 6.61 Å². The van der Waals surface area contributed by atoms with Crippen molar-refractivity contribution in [3.63, 3.8) is 0 Å². The van der Waals surface area contributed by atoms with Crippen LogP contribution in [0.2, 0.25) is 0 Å². The van der Waals surface area contributed by atoms with Crippen LogP contribution in [-0.2, 0) is 9.47 Å². The summed E-state index contributed by atoms with van der Waals surface area (Å²) in [5.74, 6) is 0.302. The van der Waals surface area contributed by atoms with Gasteiger partial charge in [0.25, 0.3) is 0 Å². The van der Waals surface area contributed by atoms with Crippen molar-refractivity contribution in [2.75, 3.05) is 6.61 Å². The lowest BCUT2D eigenvalue weighted by Crippen LogP contribution is -2.30. The summed E-state index contributed by atoms with van der Waals surface area (Å²) in [6, 6.07) is 0. The highest BCUT2D eigenvalue weighted by Crippen LogP contribution is 2.08. The lowest BCUT2D eigenvalue weighted by atomic mass is 10.1. The van der Waals surface area contributed by atoms with E-state index in [9.17, 15) is 9.59 Å². The molecule has 0 spiro atoms. The molecule has 0 aromatic heterocycles. The molecule has 82 valence electrons. The molecule has 0 unspecified atom stereocenters. The number of primary amides is 2. The van der Waals surface area contributed by atoms with Crippen molar-refractivity contribution in [3.05, 3.63) is 0 Å². The highest BCUT2D eigenvalue weighted by Gasteiger charge is 2.15. The number of rotatable bonds is 5. The molecule has 0 bridgehead atoms. The Hall–Kier alpha value is -1.46. The fraction of sp³-hybridized carbons (Fsp3) is 0.750. The number of hydrogen-bond donors (Lipinski definition) is 2. The van der Waals surface area contributed by atoms with Gasteiger partial charge in [-0.05, 0) is 12.3 Å². The monoisotopic (exact) mass is 204 g/mol. The maximum Gasteiger partial charge on any atom is 0.404 e. The zero-order valence-electron chi connectivity index (χ0n) is 8.36. The van der Waals surface area contributed by atoms with E-state index >= 15 is 0 Å². The molecule has 0 aliphatic rings. The third-order valence-corrected chi connectivity index (χ3v) is 1.43. The third kappa shape index (κ3) is 7.20. The van der Waals surface area contributed by atoms with Gasteiger partial charge in [-0.1, -0.05) is 13.8 Å². The zero-order valence-corrected chi connectivity index (χ0v) is 8.36. The smallest absolute Gasteiger partial charge is 0.404 e. The highest BCUT2D eigenvalue weighted by molar-refractivity contribution is 5.65. The van der Waals surface area contributed by atoms with Crippen LogP contribution in [0.25, 0.3) is 0 Å². The lowest BCUT2D eigenvalue weighted by molar-refractivity contribution is 0.0412. The van der Waals surface area contributed by atoms with Gasteiger partial charge in [0.2, 0.25) is 0 Å². The molecule has 0 saturated heterocycles. The minimum Gasteiger partial charge on any atom is -0.446 e. The van der Waals surface area contributed by atoms with E-state index in [0.717, 1.165) is 0 Å². The van der Waals surface area contributed by atoms with Gasteiger partial charge in [0.1, 0.15) is 12.7 Å². The molecule has 0 rings (SSSR count). The van der Waals surface area contributed by atoms with Gasteiger partial charge in [-0.2, -0.15) is 0 Å². The molecule has 0 radical (unpaired) electrons. The summed E-state index contributed by atoms with van der Waals surface area (Å²) in [5.41, 5.74) is 9.61. The van der Waals surface area contributed by atoms with Crippen LogP contribution >= 0.6 is 0 Å². The molecule has 0 aliphatic heterocycles. The van der Waals surface area contributed by atoms with Crippen LogP contribution in [0, 0.1) is 5.92 Å². The first-order chi connectivity index (χ1) is 6.41. The standard InChI is InChI=1S/C8H16N2O4/c1-5(2)3-6(14-8(10)12)4-13-7(9)11/h5-6H,3-4H2,1-2H3,(H2,9,11)(H2,10,12)/t6-/m0/s1. The van der Waals surface area contributed by atoms with Crippen molar-refractivity contribution in [2.45, 2.75) is 26.4 Å². The number of hydrogen-bond acceptors (Lipinski definition) is 4. The molecule has 6 nitrogen and oxygen atoms in total. The molecular formula is C8H16N2O4. The molecule has 14 heavy (non-hydrogen) atoms. The Bertz CT molecular complexity index is 206. The molecule has 0 aromatic carbocycles. The Labute approximate surface area is 82.5 Å². The second-order valence-corrected chi connectivity index (χ2v) is 3.32. The normalized spacial score (nSPS) is 12.2. The van der Waals surface area contributed by atoms with E-state index in [1.807, 2.05) is 13.8 Å². The second-order valence-electron chi connectivity index (χ2n) is 3.32. The van der Waals surface area contributed by atoms with Crippen molar-refractivity contribution in [1.82, 2.24) is 0 Å². The maximum atomic E-state index is 10.5. The topological polar surface area (TPSA) is 105 Å². The number of amides is 2. The van der Waals surface area contributed by atoms with Crippen LogP contribution in [0.1, 0.15) is 20.3 Å². The summed E-state index contributed by atoms with van der Waals surface area (Å²) in [7, 11) is 0. The SMILES string of the molecule is CC(C)C[C@@H](COC(N)=O)OC(N)=O. The van der Waals surface area contributed by atoms with Crippen LogP contribution < -0.4 is 11.5 Å². The number of carbonyl (C=O) groups is 2.